The fourth-order valence-electron chi connectivity index (χ4n) is 1.47. The van der Waals surface area contributed by atoms with Crippen LogP contribution in [-0.4, -0.2) is 22.1 Å². The molecular formula is C15H20FNO2S. The standard InChI is InChI=1S/C15H20FNO2S/c1-15(2,3)20(18)17-9-12-6-7-14(13(16)8-12)19-10-11-4-5-11/h6-9,11H,4-5,10H2,1-3H3/b17-9+/t20-/m0/s1. The molecule has 1 aromatic rings. The molecule has 0 bridgehead atoms. The highest BCUT2D eigenvalue weighted by atomic mass is 32.2. The lowest BCUT2D eigenvalue weighted by molar-refractivity contribution is 0.285. The van der Waals surface area contributed by atoms with E-state index in [-0.39, 0.29) is 5.75 Å². The van der Waals surface area contributed by atoms with Crippen LogP contribution >= 0.6 is 0 Å². The van der Waals surface area contributed by atoms with E-state index in [1.54, 1.807) is 12.1 Å². The summed E-state index contributed by atoms with van der Waals surface area (Å²) in [6.45, 7) is 6.11. The molecule has 0 spiro atoms. The molecule has 0 aliphatic heterocycles. The predicted molar refractivity (Wildman–Crippen MR) is 80.1 cm³/mol. The molecule has 0 amide bonds. The number of hydrogen-bond donors (Lipinski definition) is 0. The second-order valence-electron chi connectivity index (χ2n) is 6.04. The Morgan fingerprint density at radius 2 is 2.15 bits per heavy atom. The number of rotatable bonds is 5. The van der Waals surface area contributed by atoms with Crippen LogP contribution in [0.5, 0.6) is 5.75 Å². The molecule has 2 rings (SSSR count). The summed E-state index contributed by atoms with van der Waals surface area (Å²) in [6.07, 6.45) is 3.78. The van der Waals surface area contributed by atoms with E-state index in [9.17, 15) is 8.94 Å². The molecule has 1 aliphatic carbocycles. The van der Waals surface area contributed by atoms with Crippen LogP contribution in [0.1, 0.15) is 39.2 Å². The molecule has 5 heteroatoms. The summed E-state index contributed by atoms with van der Waals surface area (Å²) in [6, 6.07) is 4.67. The molecule has 1 atom stereocenters. The van der Waals surface area contributed by atoms with E-state index in [0.717, 1.165) is 0 Å². The van der Waals surface area contributed by atoms with Crippen LogP contribution in [0.3, 0.4) is 0 Å². The highest BCUT2D eigenvalue weighted by molar-refractivity contribution is 7.91. The van der Waals surface area contributed by atoms with Gasteiger partial charge in [-0.15, -0.1) is 0 Å². The Morgan fingerprint density at radius 3 is 2.70 bits per heavy atom. The van der Waals surface area contributed by atoms with Crippen molar-refractivity contribution in [1.82, 2.24) is 0 Å². The van der Waals surface area contributed by atoms with E-state index in [1.807, 2.05) is 20.8 Å². The van der Waals surface area contributed by atoms with Gasteiger partial charge in [-0.2, -0.15) is 0 Å². The summed E-state index contributed by atoms with van der Waals surface area (Å²) < 4.78 is 34.5. The van der Waals surface area contributed by atoms with Crippen molar-refractivity contribution in [3.8, 4) is 5.75 Å². The summed E-state index contributed by atoms with van der Waals surface area (Å²) in [7, 11) is 0. The SMILES string of the molecule is CC(C)(C)[S@+]([O-])/N=C/c1ccc(OCC2CC2)c(F)c1. The first-order chi connectivity index (χ1) is 9.36. The van der Waals surface area contributed by atoms with Gasteiger partial charge in [0.25, 0.3) is 0 Å². The fourth-order valence-corrected chi connectivity index (χ4v) is 2.01. The van der Waals surface area contributed by atoms with Gasteiger partial charge in [0.15, 0.2) is 11.6 Å². The van der Waals surface area contributed by atoms with Gasteiger partial charge in [-0.3, -0.25) is 0 Å². The third kappa shape index (κ3) is 4.49. The van der Waals surface area contributed by atoms with Crippen molar-refractivity contribution in [3.05, 3.63) is 29.6 Å². The van der Waals surface area contributed by atoms with Gasteiger partial charge in [-0.1, -0.05) is 4.40 Å². The molecule has 1 aliphatic rings. The van der Waals surface area contributed by atoms with E-state index in [2.05, 4.69) is 4.40 Å². The molecular weight excluding hydrogens is 277 g/mol. The highest BCUT2D eigenvalue weighted by Gasteiger charge is 2.26. The average Bonchev–Trinajstić information content (AvgIpc) is 3.17. The van der Waals surface area contributed by atoms with Crippen molar-refractivity contribution in [1.29, 1.82) is 0 Å². The van der Waals surface area contributed by atoms with Crippen molar-refractivity contribution in [3.63, 3.8) is 0 Å². The van der Waals surface area contributed by atoms with Gasteiger partial charge in [-0.25, -0.2) is 4.39 Å². The first-order valence-corrected chi connectivity index (χ1v) is 7.85. The van der Waals surface area contributed by atoms with Crippen LogP contribution < -0.4 is 4.74 Å². The highest BCUT2D eigenvalue weighted by Crippen LogP contribution is 2.30. The molecule has 0 heterocycles. The maximum atomic E-state index is 13.8. The number of nitrogens with zero attached hydrogens (tertiary/aromatic N) is 1. The van der Waals surface area contributed by atoms with Crippen LogP contribution in [0.25, 0.3) is 0 Å². The quantitative estimate of drug-likeness (QED) is 0.617. The Kier molecular flexibility index (Phi) is 4.70. The largest absolute Gasteiger partial charge is 0.591 e. The van der Waals surface area contributed by atoms with Gasteiger partial charge in [0.1, 0.15) is 16.1 Å². The minimum Gasteiger partial charge on any atom is -0.591 e. The Labute approximate surface area is 122 Å². The van der Waals surface area contributed by atoms with Crippen molar-refractivity contribution in [2.24, 2.45) is 10.3 Å². The summed E-state index contributed by atoms with van der Waals surface area (Å²) in [5.74, 6) is 0.451. The van der Waals surface area contributed by atoms with E-state index in [0.29, 0.717) is 18.1 Å². The molecule has 1 saturated carbocycles. The summed E-state index contributed by atoms with van der Waals surface area (Å²) in [5, 5.41) is 0. The third-order valence-corrected chi connectivity index (χ3v) is 4.29. The van der Waals surface area contributed by atoms with Crippen molar-refractivity contribution in [2.75, 3.05) is 6.61 Å². The number of halogens is 1. The zero-order chi connectivity index (χ0) is 14.8. The second-order valence-corrected chi connectivity index (χ2v) is 7.97. The molecule has 1 fully saturated rings. The number of hydrogen-bond acceptors (Lipinski definition) is 3. The molecule has 3 nitrogen and oxygen atoms in total. The fraction of sp³-hybridized carbons (Fsp3) is 0.533. The molecule has 0 radical (unpaired) electrons. The normalized spacial score (nSPS) is 17.4. The molecule has 0 N–H and O–H groups in total. The Hall–Kier alpha value is -1.07. The maximum Gasteiger partial charge on any atom is 0.165 e. The molecule has 0 aromatic heterocycles. The second kappa shape index (κ2) is 6.14. The Morgan fingerprint density at radius 1 is 1.45 bits per heavy atom. The molecule has 110 valence electrons. The first kappa shape index (κ1) is 15.3. The molecule has 0 unspecified atom stereocenters. The lowest BCUT2D eigenvalue weighted by Crippen LogP contribution is -2.25. The lowest BCUT2D eigenvalue weighted by atomic mass is 10.2. The zero-order valence-corrected chi connectivity index (χ0v) is 12.9. The van der Waals surface area contributed by atoms with Gasteiger partial charge in [0, 0.05) is 5.56 Å². The minimum atomic E-state index is -1.34. The van der Waals surface area contributed by atoms with Crippen molar-refractivity contribution < 1.29 is 13.7 Å². The third-order valence-electron chi connectivity index (χ3n) is 2.95. The van der Waals surface area contributed by atoms with Gasteiger partial charge in [0.05, 0.1) is 12.8 Å². The van der Waals surface area contributed by atoms with Gasteiger partial charge >= 0.3 is 0 Å². The van der Waals surface area contributed by atoms with Crippen LogP contribution in [0, 0.1) is 11.7 Å². The molecule has 20 heavy (non-hydrogen) atoms. The number of benzene rings is 1. The Bertz CT molecular complexity index is 495. The molecule has 1 aromatic carbocycles. The van der Waals surface area contributed by atoms with Crippen LogP contribution in [-0.2, 0) is 11.4 Å². The van der Waals surface area contributed by atoms with Crippen LogP contribution in [0.15, 0.2) is 22.6 Å². The van der Waals surface area contributed by atoms with E-state index in [1.165, 1.54) is 25.1 Å². The average molecular weight is 297 g/mol. The summed E-state index contributed by atoms with van der Waals surface area (Å²) >= 11 is -1.34. The van der Waals surface area contributed by atoms with E-state index in [4.69, 9.17) is 4.74 Å². The van der Waals surface area contributed by atoms with Crippen LogP contribution in [0.2, 0.25) is 0 Å². The monoisotopic (exact) mass is 297 g/mol. The van der Waals surface area contributed by atoms with Gasteiger partial charge < -0.3 is 9.29 Å². The lowest BCUT2D eigenvalue weighted by Gasteiger charge is -2.17. The summed E-state index contributed by atoms with van der Waals surface area (Å²) in [4.78, 5) is 0. The van der Waals surface area contributed by atoms with E-state index < -0.39 is 21.9 Å². The zero-order valence-electron chi connectivity index (χ0n) is 12.1. The predicted octanol–water partition coefficient (Wildman–Crippen LogP) is 3.50. The van der Waals surface area contributed by atoms with Gasteiger partial charge in [-0.05, 0) is 57.7 Å². The van der Waals surface area contributed by atoms with Crippen molar-refractivity contribution in [2.45, 2.75) is 38.4 Å². The number of ether oxygens (including phenoxy) is 1. The van der Waals surface area contributed by atoms with Gasteiger partial charge in [0.2, 0.25) is 0 Å². The smallest absolute Gasteiger partial charge is 0.165 e. The van der Waals surface area contributed by atoms with Crippen molar-refractivity contribution >= 4 is 17.6 Å². The minimum absolute atomic E-state index is 0.269. The topological polar surface area (TPSA) is 44.7 Å². The molecule has 0 saturated heterocycles. The van der Waals surface area contributed by atoms with E-state index >= 15 is 0 Å². The first-order valence-electron chi connectivity index (χ1n) is 6.74. The summed E-state index contributed by atoms with van der Waals surface area (Å²) in [5.41, 5.74) is 0.582. The Balaban J connectivity index is 1.98. The van der Waals surface area contributed by atoms with Crippen LogP contribution in [0.4, 0.5) is 4.39 Å². The maximum absolute atomic E-state index is 13.8.